The summed E-state index contributed by atoms with van der Waals surface area (Å²) in [5.74, 6) is -3.83. The third-order valence-electron chi connectivity index (χ3n) is 7.42. The maximum atomic E-state index is 12.7. The van der Waals surface area contributed by atoms with Gasteiger partial charge in [-0.15, -0.1) is 0 Å². The van der Waals surface area contributed by atoms with Gasteiger partial charge in [-0.3, -0.25) is 0 Å². The van der Waals surface area contributed by atoms with Gasteiger partial charge in [0.25, 0.3) is 0 Å². The van der Waals surface area contributed by atoms with Crippen molar-refractivity contribution in [2.75, 3.05) is 0 Å². The zero-order valence-electron chi connectivity index (χ0n) is 19.2. The maximum absolute atomic E-state index is 12.7. The van der Waals surface area contributed by atoms with Crippen LogP contribution in [0.15, 0.2) is 36.0 Å². The molecule has 0 aromatic carbocycles. The third-order valence-corrected chi connectivity index (χ3v) is 7.42. The Bertz CT molecular complexity index is 900. The van der Waals surface area contributed by atoms with Gasteiger partial charge in [0.1, 0.15) is 12.2 Å². The first kappa shape index (κ1) is 24.2. The number of allylic oxidation sites excluding steroid dienone is 1. The fourth-order valence-corrected chi connectivity index (χ4v) is 5.54. The van der Waals surface area contributed by atoms with E-state index < -0.39 is 65.2 Å². The second-order valence-corrected chi connectivity index (χ2v) is 9.62. The number of ether oxygens (including phenoxy) is 3. The largest absolute Gasteiger partial charge is 0.458 e. The van der Waals surface area contributed by atoms with Crippen molar-refractivity contribution in [3.8, 4) is 0 Å². The van der Waals surface area contributed by atoms with Gasteiger partial charge in [-0.25, -0.2) is 14.4 Å². The van der Waals surface area contributed by atoms with E-state index in [9.17, 15) is 24.6 Å². The lowest BCUT2D eigenvalue weighted by Crippen LogP contribution is -2.75. The molecule has 8 atom stereocenters. The highest BCUT2D eigenvalue weighted by atomic mass is 16.6. The quantitative estimate of drug-likeness (QED) is 0.381. The van der Waals surface area contributed by atoms with Crippen LogP contribution in [0.2, 0.25) is 0 Å². The first-order valence-corrected chi connectivity index (χ1v) is 10.8. The number of carbonyl (C=O) groups is 3. The lowest BCUT2D eigenvalue weighted by atomic mass is 9.48. The van der Waals surface area contributed by atoms with Crippen LogP contribution in [0.3, 0.4) is 0 Å². The maximum Gasteiger partial charge on any atom is 0.334 e. The first-order valence-electron chi connectivity index (χ1n) is 10.8. The lowest BCUT2D eigenvalue weighted by Gasteiger charge is -2.63. The molecule has 176 valence electrons. The fraction of sp³-hybridized carbons (Fsp3) is 0.625. The Kier molecular flexibility index (Phi) is 6.17. The molecule has 8 nitrogen and oxygen atoms in total. The molecule has 2 aliphatic carbocycles. The van der Waals surface area contributed by atoms with E-state index in [1.54, 1.807) is 33.8 Å². The molecule has 1 heterocycles. The summed E-state index contributed by atoms with van der Waals surface area (Å²) in [6.45, 7) is 15.5. The minimum atomic E-state index is -1.36. The summed E-state index contributed by atoms with van der Waals surface area (Å²) >= 11 is 0. The predicted molar refractivity (Wildman–Crippen MR) is 114 cm³/mol. The lowest BCUT2D eigenvalue weighted by molar-refractivity contribution is -0.291. The van der Waals surface area contributed by atoms with Crippen LogP contribution in [0, 0.1) is 17.3 Å². The van der Waals surface area contributed by atoms with Gasteiger partial charge >= 0.3 is 17.9 Å². The molecule has 0 unspecified atom stereocenters. The summed E-state index contributed by atoms with van der Waals surface area (Å²) in [4.78, 5) is 38.0. The number of aliphatic hydroxyl groups is 2. The van der Waals surface area contributed by atoms with E-state index in [0.29, 0.717) is 5.57 Å². The molecule has 32 heavy (non-hydrogen) atoms. The van der Waals surface area contributed by atoms with Crippen LogP contribution in [0.1, 0.15) is 47.5 Å². The molecule has 0 aromatic rings. The summed E-state index contributed by atoms with van der Waals surface area (Å²) in [5, 5.41) is 22.5. The number of esters is 3. The molecule has 0 radical (unpaired) electrons. The van der Waals surface area contributed by atoms with Crippen LogP contribution in [0.5, 0.6) is 0 Å². The molecule has 3 fully saturated rings. The van der Waals surface area contributed by atoms with Crippen molar-refractivity contribution in [1.82, 2.24) is 0 Å². The van der Waals surface area contributed by atoms with E-state index in [0.717, 1.165) is 0 Å². The summed E-state index contributed by atoms with van der Waals surface area (Å²) < 4.78 is 17.2. The van der Waals surface area contributed by atoms with Gasteiger partial charge < -0.3 is 24.4 Å². The smallest absolute Gasteiger partial charge is 0.334 e. The molecule has 2 bridgehead atoms. The molecule has 2 saturated carbocycles. The number of hydrogen-bond donors (Lipinski definition) is 2. The molecule has 0 spiro atoms. The van der Waals surface area contributed by atoms with Crippen molar-refractivity contribution in [3.63, 3.8) is 0 Å². The highest BCUT2D eigenvalue weighted by molar-refractivity contribution is 5.92. The Labute approximate surface area is 187 Å². The first-order chi connectivity index (χ1) is 14.8. The number of aliphatic hydroxyl groups excluding tert-OH is 1. The molecule has 2 N–H and O–H groups in total. The molecular formula is C24H32O8. The normalized spacial score (nSPS) is 41.3. The number of fused-ring (bicyclic) bond motifs is 4. The summed E-state index contributed by atoms with van der Waals surface area (Å²) in [7, 11) is 0. The van der Waals surface area contributed by atoms with Crippen molar-refractivity contribution < 1.29 is 38.8 Å². The van der Waals surface area contributed by atoms with Crippen LogP contribution in [-0.2, 0) is 28.6 Å². The second-order valence-electron chi connectivity index (χ2n) is 9.62. The zero-order valence-corrected chi connectivity index (χ0v) is 19.2. The van der Waals surface area contributed by atoms with Crippen LogP contribution in [0.4, 0.5) is 0 Å². The van der Waals surface area contributed by atoms with Crippen molar-refractivity contribution >= 4 is 17.9 Å². The molecule has 1 aliphatic heterocycles. The molecule has 8 heteroatoms. The predicted octanol–water partition coefficient (Wildman–Crippen LogP) is 1.99. The van der Waals surface area contributed by atoms with Gasteiger partial charge in [0.2, 0.25) is 0 Å². The summed E-state index contributed by atoms with van der Waals surface area (Å²) in [6, 6.07) is 0. The van der Waals surface area contributed by atoms with Crippen molar-refractivity contribution in [1.29, 1.82) is 0 Å². The molecular weight excluding hydrogens is 416 g/mol. The van der Waals surface area contributed by atoms with Gasteiger partial charge in [-0.05, 0) is 40.5 Å². The van der Waals surface area contributed by atoms with Crippen molar-refractivity contribution in [3.05, 3.63) is 36.0 Å². The Hall–Kier alpha value is -2.45. The van der Waals surface area contributed by atoms with E-state index >= 15 is 0 Å². The molecule has 3 aliphatic rings. The van der Waals surface area contributed by atoms with E-state index in [4.69, 9.17) is 14.2 Å². The standard InChI is InChI=1S/C24H32O8/c1-8-12(4)21(27)31-17-15-13(5)22(28)32-19(17)24(7)14(25)9-10-23(6,29)18(24)16(15)30-20(26)11(2)3/h8,14-19,25,29H,2,5,9-10H2,1,3-4,6-7H3/b12-8+/t14-,15-,16-,17-,18+,19-,23-,24+/m0/s1. The molecule has 0 aromatic heterocycles. The van der Waals surface area contributed by atoms with Crippen LogP contribution in [-0.4, -0.2) is 58.1 Å². The van der Waals surface area contributed by atoms with E-state index in [1.165, 1.54) is 6.92 Å². The topological polar surface area (TPSA) is 119 Å². The Morgan fingerprint density at radius 3 is 2.34 bits per heavy atom. The van der Waals surface area contributed by atoms with Gasteiger partial charge in [0.05, 0.1) is 17.6 Å². The Morgan fingerprint density at radius 2 is 1.78 bits per heavy atom. The average Bonchev–Trinajstić information content (AvgIpc) is 2.71. The van der Waals surface area contributed by atoms with Crippen molar-refractivity contribution in [2.24, 2.45) is 17.3 Å². The second kappa shape index (κ2) is 8.15. The van der Waals surface area contributed by atoms with E-state index in [-0.39, 0.29) is 24.0 Å². The Morgan fingerprint density at radius 1 is 1.19 bits per heavy atom. The van der Waals surface area contributed by atoms with Gasteiger partial charge in [0, 0.05) is 28.1 Å². The highest BCUT2D eigenvalue weighted by Gasteiger charge is 2.71. The van der Waals surface area contributed by atoms with Crippen LogP contribution >= 0.6 is 0 Å². The fourth-order valence-electron chi connectivity index (χ4n) is 5.54. The van der Waals surface area contributed by atoms with Gasteiger partial charge in [-0.2, -0.15) is 0 Å². The monoisotopic (exact) mass is 448 g/mol. The number of rotatable bonds is 4. The molecule has 1 saturated heterocycles. The number of hydrogen-bond acceptors (Lipinski definition) is 8. The summed E-state index contributed by atoms with van der Waals surface area (Å²) in [6.07, 6.45) is -2.17. The molecule has 0 amide bonds. The van der Waals surface area contributed by atoms with Gasteiger partial charge in [0.15, 0.2) is 6.10 Å². The summed E-state index contributed by atoms with van der Waals surface area (Å²) in [5.41, 5.74) is -2.16. The van der Waals surface area contributed by atoms with Crippen molar-refractivity contribution in [2.45, 2.75) is 77.5 Å². The van der Waals surface area contributed by atoms with Crippen LogP contribution in [0.25, 0.3) is 0 Å². The van der Waals surface area contributed by atoms with E-state index in [1.807, 2.05) is 0 Å². The average molecular weight is 449 g/mol. The minimum Gasteiger partial charge on any atom is -0.458 e. The Balaban J connectivity index is 2.21. The number of carbonyl (C=O) groups excluding carboxylic acids is 3. The minimum absolute atomic E-state index is 0.0189. The SMILES string of the molecule is C=C(C)C(=O)O[C@H]1[C@@H]2C(=C)C(=O)O[C@@H]([C@H]2OC(=O)/C(C)=C/C)[C@]2(C)[C@@H](O)CC[C@](C)(O)[C@@H]12. The van der Waals surface area contributed by atoms with E-state index in [2.05, 4.69) is 13.2 Å². The zero-order chi connectivity index (χ0) is 24.2. The van der Waals surface area contributed by atoms with Crippen LogP contribution < -0.4 is 0 Å². The highest BCUT2D eigenvalue weighted by Crippen LogP contribution is 2.60. The molecule has 3 rings (SSSR count). The van der Waals surface area contributed by atoms with Gasteiger partial charge in [-0.1, -0.05) is 26.2 Å². The third kappa shape index (κ3) is 3.59.